The minimum Gasteiger partial charge on any atom is -0.462 e. The van der Waals surface area contributed by atoms with Crippen LogP contribution in [0.3, 0.4) is 0 Å². The van der Waals surface area contributed by atoms with Crippen molar-refractivity contribution >= 4 is 33.3 Å². The maximum absolute atomic E-state index is 11.2. The van der Waals surface area contributed by atoms with Crippen LogP contribution >= 0.6 is 21.8 Å². The largest absolute Gasteiger partial charge is 0.462 e. The second-order valence-corrected chi connectivity index (χ2v) is 19.6. The van der Waals surface area contributed by atoms with E-state index in [4.69, 9.17) is 4.74 Å². The highest BCUT2D eigenvalue weighted by molar-refractivity contribution is 14.1. The Morgan fingerprint density at radius 1 is 0.909 bits per heavy atom. The number of hydrogen-bond donors (Lipinski definition) is 0. The predicted molar refractivity (Wildman–Crippen MR) is 108 cm³/mol. The molecule has 0 radical (unpaired) electrons. The SMILES string of the molecule is C=C(C)C(=O)OCCCCCCCCCCCC[Si](C)(C)I. The van der Waals surface area contributed by atoms with Gasteiger partial charge in [0.05, 0.1) is 6.61 Å². The van der Waals surface area contributed by atoms with Crippen LogP contribution in [0.25, 0.3) is 0 Å². The van der Waals surface area contributed by atoms with Crippen molar-refractivity contribution in [2.45, 2.75) is 90.3 Å². The third-order valence-corrected chi connectivity index (χ3v) is 6.91. The number of esters is 1. The molecule has 0 aromatic rings. The lowest BCUT2D eigenvalue weighted by molar-refractivity contribution is -0.139. The molecule has 0 atom stereocenters. The van der Waals surface area contributed by atoms with Crippen LogP contribution in [0.4, 0.5) is 0 Å². The summed E-state index contributed by atoms with van der Waals surface area (Å²) in [7, 11) is 0. The van der Waals surface area contributed by atoms with E-state index in [0.717, 1.165) is 6.42 Å². The van der Waals surface area contributed by atoms with Crippen LogP contribution < -0.4 is 0 Å². The lowest BCUT2D eigenvalue weighted by atomic mass is 10.1. The van der Waals surface area contributed by atoms with Crippen LogP contribution in [-0.2, 0) is 9.53 Å². The van der Waals surface area contributed by atoms with E-state index in [2.05, 4.69) is 41.5 Å². The number of ether oxygens (including phenoxy) is 1. The van der Waals surface area contributed by atoms with E-state index >= 15 is 0 Å². The van der Waals surface area contributed by atoms with E-state index in [-0.39, 0.29) is 5.97 Å². The highest BCUT2D eigenvalue weighted by atomic mass is 127. The number of halogens is 1. The quantitative estimate of drug-likeness (QED) is 0.0758. The monoisotopic (exact) mass is 438 g/mol. The van der Waals surface area contributed by atoms with Crippen LogP contribution in [0.15, 0.2) is 12.2 Å². The van der Waals surface area contributed by atoms with E-state index in [1.807, 2.05) is 0 Å². The highest BCUT2D eigenvalue weighted by Gasteiger charge is 2.14. The summed E-state index contributed by atoms with van der Waals surface area (Å²) in [6.07, 6.45) is 13.2. The van der Waals surface area contributed by atoms with Gasteiger partial charge in [-0.2, -0.15) is 0 Å². The van der Waals surface area contributed by atoms with E-state index < -0.39 is 5.57 Å². The summed E-state index contributed by atoms with van der Waals surface area (Å²) in [6, 6.07) is 1.48. The Hall–Kier alpha value is 0.157. The van der Waals surface area contributed by atoms with Crippen molar-refractivity contribution in [2.75, 3.05) is 6.61 Å². The number of carbonyl (C=O) groups is 1. The van der Waals surface area contributed by atoms with Crippen LogP contribution in [0, 0.1) is 0 Å². The fourth-order valence-corrected chi connectivity index (χ4v) is 4.58. The molecule has 0 spiro atoms. The Morgan fingerprint density at radius 3 is 1.73 bits per heavy atom. The zero-order valence-electron chi connectivity index (χ0n) is 14.9. The molecule has 0 rings (SSSR count). The van der Waals surface area contributed by atoms with Gasteiger partial charge in [-0.3, -0.25) is 0 Å². The second-order valence-electron chi connectivity index (χ2n) is 6.92. The van der Waals surface area contributed by atoms with Crippen molar-refractivity contribution in [3.05, 3.63) is 12.2 Å². The summed E-state index contributed by atoms with van der Waals surface area (Å²) in [5.41, 5.74) is -0.344. The van der Waals surface area contributed by atoms with Gasteiger partial charge in [-0.05, 0) is 19.4 Å². The van der Waals surface area contributed by atoms with Gasteiger partial charge in [0.2, 0.25) is 0 Å². The fourth-order valence-electron chi connectivity index (χ4n) is 2.35. The number of hydrogen-bond acceptors (Lipinski definition) is 2. The van der Waals surface area contributed by atoms with Crippen molar-refractivity contribution in [3.8, 4) is 0 Å². The molecule has 0 aromatic carbocycles. The summed E-state index contributed by atoms with van der Waals surface area (Å²) in [4.78, 5) is 11.2. The predicted octanol–water partition coefficient (Wildman–Crippen LogP) is 6.65. The molecule has 0 unspecified atom stereocenters. The first-order valence-corrected chi connectivity index (χ1v) is 15.2. The fraction of sp³-hybridized carbons (Fsp3) is 0.833. The molecule has 130 valence electrons. The Labute approximate surface area is 151 Å². The van der Waals surface area contributed by atoms with E-state index in [1.165, 1.54) is 63.8 Å². The van der Waals surface area contributed by atoms with E-state index in [0.29, 0.717) is 12.2 Å². The Balaban J connectivity index is 3.15. The molecule has 0 N–H and O–H groups in total. The molecule has 0 saturated carbocycles. The van der Waals surface area contributed by atoms with Crippen molar-refractivity contribution in [2.24, 2.45) is 0 Å². The normalized spacial score (nSPS) is 11.5. The van der Waals surface area contributed by atoms with Gasteiger partial charge < -0.3 is 4.74 Å². The van der Waals surface area contributed by atoms with Crippen molar-refractivity contribution in [3.63, 3.8) is 0 Å². The van der Waals surface area contributed by atoms with Crippen LogP contribution in [-0.4, -0.2) is 18.1 Å². The van der Waals surface area contributed by atoms with Crippen molar-refractivity contribution in [1.29, 1.82) is 0 Å². The Bertz CT molecular complexity index is 311. The minimum absolute atomic E-state index is 0.256. The first kappa shape index (κ1) is 22.2. The molecule has 0 aliphatic carbocycles. The van der Waals surface area contributed by atoms with E-state index in [1.54, 1.807) is 6.92 Å². The van der Waals surface area contributed by atoms with Crippen molar-refractivity contribution < 1.29 is 9.53 Å². The summed E-state index contributed by atoms with van der Waals surface area (Å²) in [6.45, 7) is 10.7. The van der Waals surface area contributed by atoms with Gasteiger partial charge in [-0.25, -0.2) is 4.79 Å². The van der Waals surface area contributed by atoms with Gasteiger partial charge in [0.15, 0.2) is 0 Å². The average molecular weight is 438 g/mol. The number of rotatable bonds is 14. The zero-order valence-corrected chi connectivity index (χ0v) is 18.0. The lowest BCUT2D eigenvalue weighted by Crippen LogP contribution is -2.13. The molecule has 0 amide bonds. The third-order valence-electron chi connectivity index (χ3n) is 3.75. The molecule has 0 heterocycles. The molecule has 0 aliphatic heterocycles. The molecule has 0 fully saturated rings. The van der Waals surface area contributed by atoms with Gasteiger partial charge >= 0.3 is 5.97 Å². The molecule has 0 aromatic heterocycles. The molecule has 4 heteroatoms. The molecule has 0 saturated heterocycles. The summed E-state index contributed by atoms with van der Waals surface area (Å²) in [5, 5.41) is 0. The average Bonchev–Trinajstić information content (AvgIpc) is 2.42. The van der Waals surface area contributed by atoms with Gasteiger partial charge in [-0.1, -0.05) is 77.5 Å². The Kier molecular flexibility index (Phi) is 13.7. The highest BCUT2D eigenvalue weighted by Crippen LogP contribution is 2.21. The first-order chi connectivity index (χ1) is 10.3. The first-order valence-electron chi connectivity index (χ1n) is 8.84. The standard InChI is InChI=1S/C18H35IO2Si/c1-17(2)18(20)21-15-13-11-9-7-5-6-8-10-12-14-16-22(3,4)19/h1,5-16H2,2-4H3. The Morgan fingerprint density at radius 2 is 1.32 bits per heavy atom. The van der Waals surface area contributed by atoms with Crippen LogP contribution in [0.2, 0.25) is 19.1 Å². The van der Waals surface area contributed by atoms with Crippen LogP contribution in [0.1, 0.15) is 71.1 Å². The molecule has 0 bridgehead atoms. The topological polar surface area (TPSA) is 26.3 Å². The molecule has 2 nitrogen and oxygen atoms in total. The third kappa shape index (κ3) is 16.5. The molecular formula is C18H35IO2Si. The van der Waals surface area contributed by atoms with Gasteiger partial charge in [0, 0.05) is 5.57 Å². The maximum atomic E-state index is 11.2. The smallest absolute Gasteiger partial charge is 0.333 e. The second kappa shape index (κ2) is 13.6. The lowest BCUT2D eigenvalue weighted by Gasteiger charge is -2.12. The van der Waals surface area contributed by atoms with E-state index in [9.17, 15) is 4.79 Å². The number of carbonyl (C=O) groups excluding carboxylic acids is 1. The summed E-state index contributed by atoms with van der Waals surface area (Å²) >= 11 is 2.68. The van der Waals surface area contributed by atoms with Crippen molar-refractivity contribution in [1.82, 2.24) is 0 Å². The summed E-state index contributed by atoms with van der Waals surface area (Å²) < 4.78 is 5.07. The molecule has 22 heavy (non-hydrogen) atoms. The zero-order chi connectivity index (χ0) is 16.8. The molecular weight excluding hydrogens is 403 g/mol. The number of unbranched alkanes of at least 4 members (excludes halogenated alkanes) is 9. The summed E-state index contributed by atoms with van der Waals surface area (Å²) in [5.74, 6) is -0.256. The van der Waals surface area contributed by atoms with Gasteiger partial charge in [-0.15, -0.1) is 21.8 Å². The maximum Gasteiger partial charge on any atom is 0.333 e. The molecule has 0 aliphatic rings. The minimum atomic E-state index is -0.834. The van der Waals surface area contributed by atoms with Gasteiger partial charge in [0.25, 0.3) is 0 Å². The van der Waals surface area contributed by atoms with Crippen LogP contribution in [0.5, 0.6) is 0 Å². The van der Waals surface area contributed by atoms with Gasteiger partial charge in [0.1, 0.15) is 5.57 Å².